The van der Waals surface area contributed by atoms with Crippen molar-refractivity contribution in [1.82, 2.24) is 21.3 Å². The second-order valence-electron chi connectivity index (χ2n) is 11.6. The van der Waals surface area contributed by atoms with E-state index in [0.29, 0.717) is 6.41 Å². The van der Waals surface area contributed by atoms with E-state index in [0.717, 1.165) is 4.90 Å². The van der Waals surface area contributed by atoms with E-state index in [2.05, 4.69) is 26.6 Å². The molecule has 4 atom stereocenters. The van der Waals surface area contributed by atoms with Crippen LogP contribution in [0.2, 0.25) is 0 Å². The van der Waals surface area contributed by atoms with Gasteiger partial charge in [0.25, 0.3) is 23.6 Å². The van der Waals surface area contributed by atoms with Gasteiger partial charge in [0.2, 0.25) is 12.3 Å². The molecule has 57 heavy (non-hydrogen) atoms. The first-order valence-electron chi connectivity index (χ1n) is 16.0. The van der Waals surface area contributed by atoms with Crippen molar-refractivity contribution >= 4 is 183 Å². The molecule has 0 aromatic heterocycles. The highest BCUT2D eigenvalue weighted by Gasteiger charge is 2.32. The minimum atomic E-state index is -1.51. The first kappa shape index (κ1) is 52.5. The molecule has 13 N–H and O–H groups in total. The smallest absolute Gasteiger partial charge is 0.253 e. The van der Waals surface area contributed by atoms with Gasteiger partial charge in [-0.25, -0.2) is 0 Å². The van der Waals surface area contributed by atoms with Crippen molar-refractivity contribution in [3.63, 3.8) is 0 Å². The molecule has 0 aliphatic heterocycles. The van der Waals surface area contributed by atoms with Crippen LogP contribution >= 0.6 is 136 Å². The summed E-state index contributed by atoms with van der Waals surface area (Å²) in [5, 5.41) is 89.7. The Labute approximate surface area is 406 Å². The van der Waals surface area contributed by atoms with Gasteiger partial charge in [0.1, 0.15) is 6.61 Å². The minimum Gasteiger partial charge on any atom is -0.394 e. The number of benzene rings is 2. The summed E-state index contributed by atoms with van der Waals surface area (Å²) in [5.74, 6) is -4.01. The van der Waals surface area contributed by atoms with E-state index in [-0.39, 0.29) is 74.7 Å². The van der Waals surface area contributed by atoms with Crippen LogP contribution in [0.1, 0.15) is 41.4 Å². The Balaban J connectivity index is 2.56. The van der Waals surface area contributed by atoms with Gasteiger partial charge in [0.15, 0.2) is 0 Å². The molecule has 2 rings (SSSR count). The number of rotatable bonds is 21. The number of aliphatic hydroxyl groups is 8. The number of aliphatic hydroxyl groups excluding tert-OH is 8. The van der Waals surface area contributed by atoms with Crippen LogP contribution in [0.5, 0.6) is 0 Å². The fraction of sp³-hybridized carbons (Fsp3) is 0.419. The Hall–Kier alpha value is -0.680. The van der Waals surface area contributed by atoms with Crippen molar-refractivity contribution in [2.45, 2.75) is 24.4 Å². The van der Waals surface area contributed by atoms with Crippen LogP contribution < -0.4 is 31.5 Å². The summed E-state index contributed by atoms with van der Waals surface area (Å²) < 4.78 is 0.864. The zero-order valence-electron chi connectivity index (χ0n) is 29.0. The molecule has 0 radical (unpaired) electrons. The summed E-state index contributed by atoms with van der Waals surface area (Å²) in [6.07, 6.45) is -5.08. The average molecular weight is 1480 g/mol. The lowest BCUT2D eigenvalue weighted by Gasteiger charge is -2.27. The topological polar surface area (TPSA) is 328 Å². The average Bonchev–Trinajstić information content (AvgIpc) is 3.17. The highest BCUT2D eigenvalue weighted by Crippen LogP contribution is 2.38. The van der Waals surface area contributed by atoms with Crippen molar-refractivity contribution in [2.24, 2.45) is 0 Å². The number of hydrogen-bond acceptors (Lipinski definition) is 14. The fourth-order valence-electron chi connectivity index (χ4n) is 4.52. The van der Waals surface area contributed by atoms with Crippen molar-refractivity contribution < 1.29 is 69.6 Å². The fourth-order valence-corrected chi connectivity index (χ4v) is 13.7. The Morgan fingerprint density at radius 1 is 0.526 bits per heavy atom. The van der Waals surface area contributed by atoms with Gasteiger partial charge in [-0.3, -0.25) is 28.8 Å². The molecule has 0 bridgehead atoms. The zero-order chi connectivity index (χ0) is 43.3. The maximum Gasteiger partial charge on any atom is 0.253 e. The summed E-state index contributed by atoms with van der Waals surface area (Å²) in [4.78, 5) is 79.6. The summed E-state index contributed by atoms with van der Waals surface area (Å²) in [6, 6.07) is 0. The number of nitrogens with zero attached hydrogens (tertiary/aromatic N) is 1. The molecular formula is C31H36I6N6O14. The van der Waals surface area contributed by atoms with Gasteiger partial charge in [-0.2, -0.15) is 0 Å². The molecule has 4 unspecified atom stereocenters. The van der Waals surface area contributed by atoms with Crippen LogP contribution in [0.25, 0.3) is 0 Å². The maximum atomic E-state index is 13.7. The van der Waals surface area contributed by atoms with E-state index >= 15 is 0 Å². The quantitative estimate of drug-likeness (QED) is 0.0488. The van der Waals surface area contributed by atoms with Crippen molar-refractivity contribution in [3.05, 3.63) is 43.7 Å². The molecule has 0 saturated heterocycles. The van der Waals surface area contributed by atoms with Crippen LogP contribution in [0.3, 0.4) is 0 Å². The summed E-state index contributed by atoms with van der Waals surface area (Å²) in [6.45, 7) is -4.95. The predicted octanol–water partition coefficient (Wildman–Crippen LogP) is -1.75. The minimum absolute atomic E-state index is 0.00525. The SMILES string of the molecule is O=CN(CC(O)CNC(=O)c1c(I)c(NC(=O)CO)c(I)c(C(=O)NCC(O)CO)c1I)c1c(I)c(C(=O)NCC(O)CO)c(I)c(C(=O)NCC(O)CO)c1I. The number of halogens is 6. The van der Waals surface area contributed by atoms with Gasteiger partial charge < -0.3 is 72.3 Å². The number of hydrogen-bond donors (Lipinski definition) is 13. The molecular weight excluding hydrogens is 1440 g/mol. The van der Waals surface area contributed by atoms with Gasteiger partial charge in [0.05, 0.1) is 98.7 Å². The molecule has 26 heteroatoms. The third-order valence-corrected chi connectivity index (χ3v) is 13.8. The van der Waals surface area contributed by atoms with E-state index in [1.165, 1.54) is 0 Å². The predicted molar refractivity (Wildman–Crippen MR) is 253 cm³/mol. The van der Waals surface area contributed by atoms with Gasteiger partial charge >= 0.3 is 0 Å². The van der Waals surface area contributed by atoms with Crippen molar-refractivity contribution in [2.75, 3.05) is 69.4 Å². The van der Waals surface area contributed by atoms with Gasteiger partial charge in [-0.15, -0.1) is 0 Å². The monoisotopic (exact) mass is 1480 g/mol. The molecule has 0 heterocycles. The Kier molecular flexibility index (Phi) is 23.3. The third-order valence-electron chi connectivity index (χ3n) is 7.37. The lowest BCUT2D eigenvalue weighted by atomic mass is 10.1. The van der Waals surface area contributed by atoms with Crippen LogP contribution in [0.4, 0.5) is 11.4 Å². The molecule has 0 spiro atoms. The number of nitrogens with one attached hydrogen (secondary N) is 5. The third kappa shape index (κ3) is 14.2. The normalized spacial score (nSPS) is 13.2. The highest BCUT2D eigenvalue weighted by atomic mass is 127. The number of carbonyl (C=O) groups excluding carboxylic acids is 6. The molecule has 0 aliphatic rings. The van der Waals surface area contributed by atoms with Gasteiger partial charge in [-0.05, 0) is 136 Å². The van der Waals surface area contributed by atoms with Crippen LogP contribution in [-0.2, 0) is 9.59 Å². The summed E-state index contributed by atoms with van der Waals surface area (Å²) in [7, 11) is 0. The molecule has 0 aliphatic carbocycles. The largest absolute Gasteiger partial charge is 0.394 e. The number of amides is 6. The molecule has 0 fully saturated rings. The van der Waals surface area contributed by atoms with Crippen LogP contribution in [0.15, 0.2) is 0 Å². The Morgan fingerprint density at radius 3 is 1.14 bits per heavy atom. The molecule has 2 aromatic carbocycles. The standard InChI is InChI=1S/C31H36I6N6O14/c32-20-16(22(34)26(42-15(53)9-47)23(35)17(20)29(55)39-2-12(50)6-44)28(54)38-1-11(49)5-43(10-48)27-24(36)18(30(56)40-3-13(51)7-45)21(33)19(25(27)37)31(57)41-4-14(52)8-46/h10-14,44-47,49-52H,1-9H2,(H,38,54)(H,39,55)(H,40,56)(H,41,57)(H,42,53). The second kappa shape index (κ2) is 25.3. The first-order chi connectivity index (χ1) is 26.8. The van der Waals surface area contributed by atoms with E-state index in [1.54, 1.807) is 136 Å². The van der Waals surface area contributed by atoms with Crippen molar-refractivity contribution in [3.8, 4) is 0 Å². The van der Waals surface area contributed by atoms with E-state index in [1.807, 2.05) is 0 Å². The number of anilines is 2. The Bertz CT molecular complexity index is 1790. The molecule has 6 amide bonds. The van der Waals surface area contributed by atoms with E-state index < -0.39 is 93.5 Å². The van der Waals surface area contributed by atoms with Gasteiger partial charge in [0, 0.05) is 33.3 Å². The summed E-state index contributed by atoms with van der Waals surface area (Å²) >= 11 is 10.6. The van der Waals surface area contributed by atoms with E-state index in [4.69, 9.17) is 5.11 Å². The first-order valence-corrected chi connectivity index (χ1v) is 22.5. The maximum absolute atomic E-state index is 13.7. The molecule has 2 aromatic rings. The molecule has 316 valence electrons. The van der Waals surface area contributed by atoms with Gasteiger partial charge in [-0.1, -0.05) is 0 Å². The molecule has 0 saturated carbocycles. The second-order valence-corrected chi connectivity index (χ2v) is 18.0. The highest BCUT2D eigenvalue weighted by molar-refractivity contribution is 14.1. The van der Waals surface area contributed by atoms with Crippen molar-refractivity contribution in [1.29, 1.82) is 0 Å². The Morgan fingerprint density at radius 2 is 0.842 bits per heavy atom. The van der Waals surface area contributed by atoms with Crippen LogP contribution in [0, 0.1) is 21.4 Å². The van der Waals surface area contributed by atoms with Crippen LogP contribution in [-0.4, -0.2) is 160 Å². The lowest BCUT2D eigenvalue weighted by Crippen LogP contribution is -2.42. The van der Waals surface area contributed by atoms with E-state index in [9.17, 15) is 64.5 Å². The molecule has 20 nitrogen and oxygen atoms in total. The summed E-state index contributed by atoms with van der Waals surface area (Å²) in [5.41, 5.74) is -0.366. The number of carbonyl (C=O) groups is 6. The zero-order valence-corrected chi connectivity index (χ0v) is 41.9. The lowest BCUT2D eigenvalue weighted by molar-refractivity contribution is -0.118.